The number of amides is 1. The van der Waals surface area contributed by atoms with Gasteiger partial charge in [-0.1, -0.05) is 42.5 Å². The minimum atomic E-state index is -0.293. The van der Waals surface area contributed by atoms with Gasteiger partial charge in [-0.3, -0.25) is 4.79 Å². The molecule has 0 aromatic heterocycles. The van der Waals surface area contributed by atoms with Gasteiger partial charge in [0.05, 0.1) is 12.7 Å². The van der Waals surface area contributed by atoms with Gasteiger partial charge in [0.1, 0.15) is 23.9 Å². The molecular weight excluding hydrogens is 357 g/mol. The van der Waals surface area contributed by atoms with Crippen molar-refractivity contribution in [3.63, 3.8) is 0 Å². The predicted molar refractivity (Wildman–Crippen MR) is 106 cm³/mol. The molecule has 1 amide bonds. The number of ether oxygens (including phenoxy) is 2. The Morgan fingerprint density at radius 3 is 2.36 bits per heavy atom. The van der Waals surface area contributed by atoms with Crippen LogP contribution in [0.5, 0.6) is 11.5 Å². The third-order valence-corrected chi connectivity index (χ3v) is 4.31. The number of benzene rings is 3. The maximum absolute atomic E-state index is 13.0. The van der Waals surface area contributed by atoms with E-state index in [1.54, 1.807) is 37.4 Å². The largest absolute Gasteiger partial charge is 0.496 e. The Bertz CT molecular complexity index is 925. The van der Waals surface area contributed by atoms with E-state index in [1.807, 2.05) is 30.3 Å². The molecule has 0 aliphatic carbocycles. The highest BCUT2D eigenvalue weighted by Gasteiger charge is 2.12. The van der Waals surface area contributed by atoms with Crippen molar-refractivity contribution in [1.82, 2.24) is 5.32 Å². The van der Waals surface area contributed by atoms with Crippen molar-refractivity contribution in [2.45, 2.75) is 13.0 Å². The summed E-state index contributed by atoms with van der Waals surface area (Å²) in [6.07, 6.45) is 0.661. The molecule has 144 valence electrons. The van der Waals surface area contributed by atoms with Crippen LogP contribution in [0, 0.1) is 5.82 Å². The number of nitrogens with one attached hydrogen (secondary N) is 1. The molecule has 0 aliphatic rings. The van der Waals surface area contributed by atoms with Crippen molar-refractivity contribution >= 4 is 5.91 Å². The second kappa shape index (κ2) is 9.55. The van der Waals surface area contributed by atoms with Crippen molar-refractivity contribution in [3.05, 3.63) is 95.3 Å². The van der Waals surface area contributed by atoms with Crippen LogP contribution in [0.4, 0.5) is 4.39 Å². The van der Waals surface area contributed by atoms with E-state index >= 15 is 0 Å². The zero-order valence-electron chi connectivity index (χ0n) is 15.7. The summed E-state index contributed by atoms with van der Waals surface area (Å²) in [5.41, 5.74) is 2.32. The maximum Gasteiger partial charge on any atom is 0.255 e. The summed E-state index contributed by atoms with van der Waals surface area (Å²) in [5.74, 6) is 0.796. The minimum absolute atomic E-state index is 0.204. The van der Waals surface area contributed by atoms with Crippen molar-refractivity contribution in [3.8, 4) is 11.5 Å². The zero-order chi connectivity index (χ0) is 19.8. The van der Waals surface area contributed by atoms with Crippen LogP contribution in [0.25, 0.3) is 0 Å². The number of carbonyl (C=O) groups excluding carboxylic acids is 1. The first-order chi connectivity index (χ1) is 13.7. The third-order valence-electron chi connectivity index (χ3n) is 4.31. The number of para-hydroxylation sites is 2. The first-order valence-corrected chi connectivity index (χ1v) is 9.04. The average Bonchev–Trinajstić information content (AvgIpc) is 2.74. The van der Waals surface area contributed by atoms with Crippen molar-refractivity contribution in [1.29, 1.82) is 0 Å². The second-order valence-corrected chi connectivity index (χ2v) is 6.23. The molecule has 1 N–H and O–H groups in total. The van der Waals surface area contributed by atoms with Gasteiger partial charge >= 0.3 is 0 Å². The Hall–Kier alpha value is -3.34. The van der Waals surface area contributed by atoms with E-state index in [0.717, 1.165) is 16.9 Å². The molecule has 0 aliphatic heterocycles. The van der Waals surface area contributed by atoms with Crippen molar-refractivity contribution < 1.29 is 18.7 Å². The molecule has 0 saturated heterocycles. The van der Waals surface area contributed by atoms with Crippen LogP contribution >= 0.6 is 0 Å². The molecule has 4 nitrogen and oxygen atoms in total. The number of hydrogen-bond acceptors (Lipinski definition) is 3. The lowest BCUT2D eigenvalue weighted by molar-refractivity contribution is 0.0949. The highest BCUT2D eigenvalue weighted by Crippen LogP contribution is 2.20. The Labute approximate surface area is 163 Å². The van der Waals surface area contributed by atoms with E-state index in [1.165, 1.54) is 12.1 Å². The number of rotatable bonds is 8. The molecule has 5 heteroatoms. The molecular formula is C23H22FNO3. The monoisotopic (exact) mass is 379 g/mol. The smallest absolute Gasteiger partial charge is 0.255 e. The summed E-state index contributed by atoms with van der Waals surface area (Å²) in [4.78, 5) is 12.6. The van der Waals surface area contributed by atoms with Gasteiger partial charge in [0.25, 0.3) is 5.91 Å². The van der Waals surface area contributed by atoms with Gasteiger partial charge in [-0.15, -0.1) is 0 Å². The number of methoxy groups -OCH3 is 1. The predicted octanol–water partition coefficient (Wildman–Crippen LogP) is 4.39. The van der Waals surface area contributed by atoms with E-state index in [4.69, 9.17) is 9.47 Å². The summed E-state index contributed by atoms with van der Waals surface area (Å²) < 4.78 is 24.1. The zero-order valence-corrected chi connectivity index (χ0v) is 15.7. The number of carbonyl (C=O) groups is 1. The van der Waals surface area contributed by atoms with E-state index in [9.17, 15) is 9.18 Å². The van der Waals surface area contributed by atoms with Crippen LogP contribution < -0.4 is 14.8 Å². The van der Waals surface area contributed by atoms with Crippen LogP contribution in [-0.2, 0) is 13.0 Å². The lowest BCUT2D eigenvalue weighted by Crippen LogP contribution is -2.26. The molecule has 3 aromatic rings. The van der Waals surface area contributed by atoms with Crippen molar-refractivity contribution in [2.75, 3.05) is 13.7 Å². The lowest BCUT2D eigenvalue weighted by atomic mass is 10.1. The van der Waals surface area contributed by atoms with Crippen molar-refractivity contribution in [2.24, 2.45) is 0 Å². The van der Waals surface area contributed by atoms with E-state index < -0.39 is 0 Å². The summed E-state index contributed by atoms with van der Waals surface area (Å²) in [5, 5.41) is 2.92. The van der Waals surface area contributed by atoms with Gasteiger partial charge in [-0.2, -0.15) is 0 Å². The summed E-state index contributed by atoms with van der Waals surface area (Å²) in [7, 11) is 1.63. The summed E-state index contributed by atoms with van der Waals surface area (Å²) >= 11 is 0. The van der Waals surface area contributed by atoms with Crippen LogP contribution in [0.3, 0.4) is 0 Å². The standard InChI is InChI=1S/C23H22FNO3/c1-27-21-8-4-2-6-18(21)14-15-25-23(26)20-7-3-5-9-22(20)28-16-17-10-12-19(24)13-11-17/h2-13H,14-16H2,1H3,(H,25,26). The number of hydrogen-bond donors (Lipinski definition) is 1. The maximum atomic E-state index is 13.0. The normalized spacial score (nSPS) is 10.4. The summed E-state index contributed by atoms with van der Waals surface area (Å²) in [6, 6.07) is 20.9. The van der Waals surface area contributed by atoms with Crippen LogP contribution in [0.15, 0.2) is 72.8 Å². The first kappa shape index (κ1) is 19.4. The number of halogens is 1. The Balaban J connectivity index is 1.59. The molecule has 0 atom stereocenters. The van der Waals surface area contributed by atoms with Gasteiger partial charge in [0.2, 0.25) is 0 Å². The van der Waals surface area contributed by atoms with Crippen LogP contribution in [0.2, 0.25) is 0 Å². The van der Waals surface area contributed by atoms with E-state index in [0.29, 0.717) is 24.3 Å². The van der Waals surface area contributed by atoms with Gasteiger partial charge in [-0.05, 0) is 47.9 Å². The molecule has 0 fully saturated rings. The van der Waals surface area contributed by atoms with Gasteiger partial charge in [0.15, 0.2) is 0 Å². The van der Waals surface area contributed by atoms with E-state index in [-0.39, 0.29) is 18.3 Å². The molecule has 3 rings (SSSR count). The Morgan fingerprint density at radius 2 is 1.61 bits per heavy atom. The van der Waals surface area contributed by atoms with Gasteiger partial charge in [0, 0.05) is 6.54 Å². The molecule has 0 saturated carbocycles. The van der Waals surface area contributed by atoms with E-state index in [2.05, 4.69) is 5.32 Å². The van der Waals surface area contributed by atoms with Gasteiger partial charge in [-0.25, -0.2) is 4.39 Å². The molecule has 0 spiro atoms. The Kier molecular flexibility index (Phi) is 6.63. The molecule has 28 heavy (non-hydrogen) atoms. The highest BCUT2D eigenvalue weighted by molar-refractivity contribution is 5.96. The van der Waals surface area contributed by atoms with Crippen LogP contribution in [-0.4, -0.2) is 19.6 Å². The lowest BCUT2D eigenvalue weighted by Gasteiger charge is -2.12. The fourth-order valence-electron chi connectivity index (χ4n) is 2.84. The quantitative estimate of drug-likeness (QED) is 0.632. The topological polar surface area (TPSA) is 47.6 Å². The van der Waals surface area contributed by atoms with Gasteiger partial charge < -0.3 is 14.8 Å². The fraction of sp³-hybridized carbons (Fsp3) is 0.174. The fourth-order valence-corrected chi connectivity index (χ4v) is 2.84. The molecule has 0 bridgehead atoms. The molecule has 0 radical (unpaired) electrons. The van der Waals surface area contributed by atoms with Crippen LogP contribution in [0.1, 0.15) is 21.5 Å². The minimum Gasteiger partial charge on any atom is -0.496 e. The first-order valence-electron chi connectivity index (χ1n) is 9.04. The second-order valence-electron chi connectivity index (χ2n) is 6.23. The molecule has 3 aromatic carbocycles. The average molecular weight is 379 g/mol. The SMILES string of the molecule is COc1ccccc1CCNC(=O)c1ccccc1OCc1ccc(F)cc1. The third kappa shape index (κ3) is 5.10. The molecule has 0 unspecified atom stereocenters. The summed E-state index contributed by atoms with van der Waals surface area (Å²) in [6.45, 7) is 0.733. The Morgan fingerprint density at radius 1 is 0.929 bits per heavy atom. The highest BCUT2D eigenvalue weighted by atomic mass is 19.1. The molecule has 0 heterocycles.